The van der Waals surface area contributed by atoms with Crippen LogP contribution in [0.5, 0.6) is 0 Å². The van der Waals surface area contributed by atoms with Gasteiger partial charge in [0.2, 0.25) is 21.8 Å². The molecule has 0 aliphatic carbocycles. The Bertz CT molecular complexity index is 911. The maximum atomic E-state index is 12.8. The van der Waals surface area contributed by atoms with Crippen molar-refractivity contribution in [3.05, 3.63) is 41.4 Å². The van der Waals surface area contributed by atoms with Crippen molar-refractivity contribution in [2.75, 3.05) is 11.9 Å². The minimum atomic E-state index is -3.74. The lowest BCUT2D eigenvalue weighted by atomic mass is 10.2. The van der Waals surface area contributed by atoms with E-state index in [1.165, 1.54) is 16.4 Å². The lowest BCUT2D eigenvalue weighted by molar-refractivity contribution is -0.119. The number of nitrogens with two attached hydrogens (primary N) is 1. The van der Waals surface area contributed by atoms with Gasteiger partial charge in [-0.25, -0.2) is 13.4 Å². The summed E-state index contributed by atoms with van der Waals surface area (Å²) in [5, 5.41) is 4.59. The van der Waals surface area contributed by atoms with E-state index in [0.717, 1.165) is 11.3 Å². The molecule has 3 rings (SSSR count). The van der Waals surface area contributed by atoms with E-state index in [1.807, 2.05) is 0 Å². The minimum Gasteiger partial charge on any atom is -0.369 e. The summed E-state index contributed by atoms with van der Waals surface area (Å²) in [6.45, 7) is 0.292. The van der Waals surface area contributed by atoms with E-state index in [-0.39, 0.29) is 11.3 Å². The van der Waals surface area contributed by atoms with Crippen molar-refractivity contribution < 1.29 is 18.0 Å². The largest absolute Gasteiger partial charge is 0.369 e. The Labute approximate surface area is 155 Å². The standard InChI is InChI=1S/C16H18N4O4S2/c17-14(21)9-11-10-25-16(18-11)19-15(22)13-7-4-8-20(13)26(23,24)12-5-2-1-3-6-12/h1-3,5-6,10,13H,4,7-9H2,(H2,17,21)(H,18,19,22)/t13-/m0/s1. The third-order valence-corrected chi connectivity index (χ3v) is 6.72. The van der Waals surface area contributed by atoms with Crippen molar-refractivity contribution in [1.29, 1.82) is 0 Å². The summed E-state index contributed by atoms with van der Waals surface area (Å²) in [5.41, 5.74) is 5.59. The third kappa shape index (κ3) is 3.92. The first-order chi connectivity index (χ1) is 12.4. The molecule has 2 heterocycles. The lowest BCUT2D eigenvalue weighted by Gasteiger charge is -2.23. The number of hydrogen-bond donors (Lipinski definition) is 2. The molecule has 2 aromatic rings. The number of aromatic nitrogens is 1. The molecule has 0 bridgehead atoms. The second kappa shape index (κ2) is 7.52. The van der Waals surface area contributed by atoms with E-state index >= 15 is 0 Å². The molecular weight excluding hydrogens is 376 g/mol. The van der Waals surface area contributed by atoms with E-state index in [9.17, 15) is 18.0 Å². The van der Waals surface area contributed by atoms with Gasteiger partial charge in [0.15, 0.2) is 5.13 Å². The van der Waals surface area contributed by atoms with Gasteiger partial charge < -0.3 is 11.1 Å². The Balaban J connectivity index is 1.74. The Kier molecular flexibility index (Phi) is 5.35. The number of rotatable bonds is 6. The molecule has 1 saturated heterocycles. The van der Waals surface area contributed by atoms with Crippen LogP contribution in [0, 0.1) is 0 Å². The molecule has 10 heteroatoms. The molecule has 1 aliphatic rings. The van der Waals surface area contributed by atoms with Gasteiger partial charge in [0, 0.05) is 11.9 Å². The summed E-state index contributed by atoms with van der Waals surface area (Å²) in [7, 11) is -3.74. The van der Waals surface area contributed by atoms with Crippen LogP contribution in [0.15, 0.2) is 40.6 Å². The van der Waals surface area contributed by atoms with Crippen molar-refractivity contribution in [2.45, 2.75) is 30.2 Å². The number of primary amides is 1. The number of carbonyl (C=O) groups excluding carboxylic acids is 2. The molecule has 0 spiro atoms. The zero-order chi connectivity index (χ0) is 18.7. The highest BCUT2D eigenvalue weighted by atomic mass is 32.2. The minimum absolute atomic E-state index is 0.00961. The smallest absolute Gasteiger partial charge is 0.244 e. The molecule has 138 valence electrons. The highest BCUT2D eigenvalue weighted by Crippen LogP contribution is 2.27. The molecular formula is C16H18N4O4S2. The van der Waals surface area contributed by atoms with E-state index < -0.39 is 27.9 Å². The zero-order valence-electron chi connectivity index (χ0n) is 13.8. The molecule has 1 aliphatic heterocycles. The Morgan fingerprint density at radius 2 is 2.04 bits per heavy atom. The normalized spacial score (nSPS) is 17.9. The van der Waals surface area contributed by atoms with E-state index in [2.05, 4.69) is 10.3 Å². The number of nitrogens with zero attached hydrogens (tertiary/aromatic N) is 2. The van der Waals surface area contributed by atoms with Gasteiger partial charge in [-0.2, -0.15) is 4.31 Å². The lowest BCUT2D eigenvalue weighted by Crippen LogP contribution is -2.43. The summed E-state index contributed by atoms with van der Waals surface area (Å²) in [6.07, 6.45) is 1.04. The van der Waals surface area contributed by atoms with Crippen LogP contribution in [0.4, 0.5) is 5.13 Å². The second-order valence-electron chi connectivity index (χ2n) is 5.86. The van der Waals surface area contributed by atoms with Crippen LogP contribution in [0.1, 0.15) is 18.5 Å². The molecule has 1 aromatic carbocycles. The topological polar surface area (TPSA) is 122 Å². The van der Waals surface area contributed by atoms with Gasteiger partial charge in [-0.3, -0.25) is 9.59 Å². The number of benzene rings is 1. The Hall–Kier alpha value is -2.30. The van der Waals surface area contributed by atoms with Crippen LogP contribution in [-0.2, 0) is 26.0 Å². The van der Waals surface area contributed by atoms with Crippen molar-refractivity contribution in [1.82, 2.24) is 9.29 Å². The van der Waals surface area contributed by atoms with E-state index in [1.54, 1.807) is 23.6 Å². The molecule has 8 nitrogen and oxygen atoms in total. The van der Waals surface area contributed by atoms with Crippen molar-refractivity contribution in [3.63, 3.8) is 0 Å². The van der Waals surface area contributed by atoms with Crippen molar-refractivity contribution >= 4 is 38.3 Å². The van der Waals surface area contributed by atoms with Crippen LogP contribution in [0.25, 0.3) is 0 Å². The predicted molar refractivity (Wildman–Crippen MR) is 97.0 cm³/mol. The fourth-order valence-corrected chi connectivity index (χ4v) is 5.22. The van der Waals surface area contributed by atoms with Gasteiger partial charge >= 0.3 is 0 Å². The maximum Gasteiger partial charge on any atom is 0.244 e. The van der Waals surface area contributed by atoms with Gasteiger partial charge in [-0.05, 0) is 25.0 Å². The summed E-state index contributed by atoms with van der Waals surface area (Å²) < 4.78 is 26.8. The number of hydrogen-bond acceptors (Lipinski definition) is 6. The van der Waals surface area contributed by atoms with Gasteiger partial charge in [0.1, 0.15) is 6.04 Å². The molecule has 3 N–H and O–H groups in total. The quantitative estimate of drug-likeness (QED) is 0.756. The average Bonchev–Trinajstić information content (AvgIpc) is 3.25. The molecule has 0 radical (unpaired) electrons. The van der Waals surface area contributed by atoms with Crippen LogP contribution in [-0.4, -0.2) is 42.1 Å². The summed E-state index contributed by atoms with van der Waals surface area (Å²) >= 11 is 1.16. The first kappa shape index (κ1) is 18.5. The Morgan fingerprint density at radius 1 is 1.31 bits per heavy atom. The number of nitrogens with one attached hydrogen (secondary N) is 1. The number of amides is 2. The molecule has 0 unspecified atom stereocenters. The summed E-state index contributed by atoms with van der Waals surface area (Å²) in [5.74, 6) is -0.939. The highest BCUT2D eigenvalue weighted by molar-refractivity contribution is 7.89. The molecule has 26 heavy (non-hydrogen) atoms. The van der Waals surface area contributed by atoms with Crippen molar-refractivity contribution in [3.8, 4) is 0 Å². The zero-order valence-corrected chi connectivity index (χ0v) is 15.4. The van der Waals surface area contributed by atoms with Crippen LogP contribution in [0.2, 0.25) is 0 Å². The van der Waals surface area contributed by atoms with Gasteiger partial charge in [0.05, 0.1) is 17.0 Å². The fraction of sp³-hybridized carbons (Fsp3) is 0.312. The van der Waals surface area contributed by atoms with Gasteiger partial charge in [-0.1, -0.05) is 18.2 Å². The second-order valence-corrected chi connectivity index (χ2v) is 8.61. The van der Waals surface area contributed by atoms with Crippen LogP contribution in [0.3, 0.4) is 0 Å². The highest BCUT2D eigenvalue weighted by Gasteiger charge is 2.39. The van der Waals surface area contributed by atoms with E-state index in [4.69, 9.17) is 5.73 Å². The number of sulfonamides is 1. The maximum absolute atomic E-state index is 12.8. The monoisotopic (exact) mass is 394 g/mol. The number of carbonyl (C=O) groups is 2. The summed E-state index contributed by atoms with van der Waals surface area (Å²) in [4.78, 5) is 27.8. The summed E-state index contributed by atoms with van der Waals surface area (Å²) in [6, 6.07) is 7.27. The van der Waals surface area contributed by atoms with Crippen molar-refractivity contribution in [2.24, 2.45) is 5.73 Å². The first-order valence-electron chi connectivity index (χ1n) is 7.98. The van der Waals surface area contributed by atoms with E-state index in [0.29, 0.717) is 30.2 Å². The molecule has 1 fully saturated rings. The van der Waals surface area contributed by atoms with Gasteiger partial charge in [-0.15, -0.1) is 11.3 Å². The molecule has 1 aromatic heterocycles. The molecule has 0 saturated carbocycles. The van der Waals surface area contributed by atoms with Gasteiger partial charge in [0.25, 0.3) is 0 Å². The molecule has 2 amide bonds. The molecule has 1 atom stereocenters. The number of anilines is 1. The predicted octanol–water partition coefficient (Wildman–Crippen LogP) is 0.963. The fourth-order valence-electron chi connectivity index (χ4n) is 2.83. The van der Waals surface area contributed by atoms with Crippen LogP contribution < -0.4 is 11.1 Å². The number of thiazole rings is 1. The Morgan fingerprint density at radius 3 is 2.73 bits per heavy atom. The SMILES string of the molecule is NC(=O)Cc1csc(NC(=O)[C@@H]2CCCN2S(=O)(=O)c2ccccc2)n1. The first-order valence-corrected chi connectivity index (χ1v) is 10.3. The average molecular weight is 394 g/mol. The van der Waals surface area contributed by atoms with Crippen LogP contribution >= 0.6 is 11.3 Å². The third-order valence-electron chi connectivity index (χ3n) is 3.99.